The second-order valence-corrected chi connectivity index (χ2v) is 5.68. The maximum Gasteiger partial charge on any atom is 0.332 e. The molecule has 0 fully saturated rings. The van der Waals surface area contributed by atoms with E-state index in [0.717, 1.165) is 28.9 Å². The predicted octanol–water partition coefficient (Wildman–Crippen LogP) is 0.692. The van der Waals surface area contributed by atoms with Gasteiger partial charge in [0, 0.05) is 39.1 Å². The van der Waals surface area contributed by atoms with Crippen molar-refractivity contribution in [2.24, 2.45) is 14.1 Å². The number of hydrogen-bond donors (Lipinski definition) is 1. The zero-order valence-electron chi connectivity index (χ0n) is 13.3. The van der Waals surface area contributed by atoms with Gasteiger partial charge in [0.1, 0.15) is 11.9 Å². The van der Waals surface area contributed by atoms with Crippen molar-refractivity contribution in [1.82, 2.24) is 9.13 Å². The van der Waals surface area contributed by atoms with E-state index in [-0.39, 0.29) is 11.4 Å². The topological polar surface area (TPSA) is 83.1 Å². The summed E-state index contributed by atoms with van der Waals surface area (Å²) < 4.78 is 2.21. The number of anilines is 3. The van der Waals surface area contributed by atoms with Crippen molar-refractivity contribution in [3.63, 3.8) is 0 Å². The number of nitrogens with one attached hydrogen (secondary N) is 1. The fraction of sp³-hybridized carbons (Fsp3) is 0.312. The van der Waals surface area contributed by atoms with E-state index >= 15 is 0 Å². The van der Waals surface area contributed by atoms with Crippen molar-refractivity contribution in [3.05, 3.63) is 50.2 Å². The standard InChI is InChI=1S/C16H17N5O2/c1-19-7-6-10-4-5-11(8-13(10)19)18-14-12(9-17)15(22)21(3)16(23)20(14)2/h4-5,8,18H,6-7H2,1-3H3. The van der Waals surface area contributed by atoms with Crippen LogP contribution in [0.25, 0.3) is 0 Å². The maximum atomic E-state index is 12.1. The van der Waals surface area contributed by atoms with Crippen LogP contribution in [0.4, 0.5) is 17.2 Å². The Labute approximate surface area is 133 Å². The first-order chi connectivity index (χ1) is 10.9. The lowest BCUT2D eigenvalue weighted by atomic mass is 10.1. The van der Waals surface area contributed by atoms with Crippen LogP contribution in [0.5, 0.6) is 0 Å². The first kappa shape index (κ1) is 14.9. The number of rotatable bonds is 2. The molecule has 7 nitrogen and oxygen atoms in total. The smallest absolute Gasteiger partial charge is 0.332 e. The molecule has 2 aromatic rings. The first-order valence-corrected chi connectivity index (χ1v) is 7.25. The molecule has 1 N–H and O–H groups in total. The molecule has 1 aromatic heterocycles. The molecular weight excluding hydrogens is 294 g/mol. The van der Waals surface area contributed by atoms with Gasteiger partial charge in [0.25, 0.3) is 5.56 Å². The third-order valence-corrected chi connectivity index (χ3v) is 4.25. The summed E-state index contributed by atoms with van der Waals surface area (Å²) in [6, 6.07) is 7.76. The molecule has 0 bridgehead atoms. The Morgan fingerprint density at radius 1 is 1.17 bits per heavy atom. The van der Waals surface area contributed by atoms with Gasteiger partial charge < -0.3 is 10.2 Å². The first-order valence-electron chi connectivity index (χ1n) is 7.25. The van der Waals surface area contributed by atoms with Gasteiger partial charge in [-0.15, -0.1) is 0 Å². The Balaban J connectivity index is 2.12. The Kier molecular flexibility index (Phi) is 3.45. The summed E-state index contributed by atoms with van der Waals surface area (Å²) >= 11 is 0. The highest BCUT2D eigenvalue weighted by Crippen LogP contribution is 2.30. The molecule has 1 aliphatic rings. The minimum Gasteiger partial charge on any atom is -0.374 e. The van der Waals surface area contributed by atoms with E-state index in [1.54, 1.807) is 0 Å². The lowest BCUT2D eigenvalue weighted by molar-refractivity contribution is 0.689. The van der Waals surface area contributed by atoms with Crippen molar-refractivity contribution < 1.29 is 0 Å². The highest BCUT2D eigenvalue weighted by molar-refractivity contribution is 5.70. The zero-order valence-corrected chi connectivity index (χ0v) is 13.3. The van der Waals surface area contributed by atoms with Crippen molar-refractivity contribution >= 4 is 17.2 Å². The lowest BCUT2D eigenvalue weighted by Crippen LogP contribution is -2.39. The van der Waals surface area contributed by atoms with E-state index in [4.69, 9.17) is 0 Å². The zero-order chi connectivity index (χ0) is 16.7. The van der Waals surface area contributed by atoms with E-state index in [1.807, 2.05) is 31.3 Å². The SMILES string of the molecule is CN1CCc2ccc(Nc3c(C#N)c(=O)n(C)c(=O)n3C)cc21. The van der Waals surface area contributed by atoms with E-state index < -0.39 is 11.2 Å². The molecule has 7 heteroatoms. The minimum atomic E-state index is -0.601. The van der Waals surface area contributed by atoms with Crippen molar-refractivity contribution in [1.29, 1.82) is 5.26 Å². The van der Waals surface area contributed by atoms with Gasteiger partial charge in [0.15, 0.2) is 5.56 Å². The Morgan fingerprint density at radius 3 is 2.61 bits per heavy atom. The van der Waals surface area contributed by atoms with Crippen LogP contribution in [0.2, 0.25) is 0 Å². The Hall–Kier alpha value is -3.01. The summed E-state index contributed by atoms with van der Waals surface area (Å²) in [5.41, 5.74) is 1.95. The predicted molar refractivity (Wildman–Crippen MR) is 88.3 cm³/mol. The third-order valence-electron chi connectivity index (χ3n) is 4.25. The molecule has 23 heavy (non-hydrogen) atoms. The number of likely N-dealkylation sites (N-methyl/N-ethyl adjacent to an activating group) is 1. The largest absolute Gasteiger partial charge is 0.374 e. The minimum absolute atomic E-state index is 0.0801. The van der Waals surface area contributed by atoms with Crippen LogP contribution in [-0.2, 0) is 20.5 Å². The summed E-state index contributed by atoms with van der Waals surface area (Å²) in [6.07, 6.45) is 1.000. The van der Waals surface area contributed by atoms with Crippen LogP contribution < -0.4 is 21.5 Å². The molecule has 0 aliphatic carbocycles. The van der Waals surface area contributed by atoms with E-state index in [2.05, 4.69) is 10.2 Å². The van der Waals surface area contributed by atoms with Gasteiger partial charge in [-0.2, -0.15) is 5.26 Å². The van der Waals surface area contributed by atoms with Gasteiger partial charge in [-0.05, 0) is 24.1 Å². The summed E-state index contributed by atoms with van der Waals surface area (Å²) in [6.45, 7) is 0.965. The number of benzene rings is 1. The number of nitriles is 1. The van der Waals surface area contributed by atoms with Crippen molar-refractivity contribution in [2.45, 2.75) is 6.42 Å². The maximum absolute atomic E-state index is 12.1. The molecule has 0 saturated heterocycles. The molecule has 0 saturated carbocycles. The van der Waals surface area contributed by atoms with Crippen LogP contribution in [0.1, 0.15) is 11.1 Å². The molecule has 0 amide bonds. The Bertz CT molecular complexity index is 949. The second-order valence-electron chi connectivity index (χ2n) is 5.68. The molecule has 3 rings (SSSR count). The van der Waals surface area contributed by atoms with Crippen LogP contribution in [0.15, 0.2) is 27.8 Å². The van der Waals surface area contributed by atoms with Crippen molar-refractivity contribution in [2.75, 3.05) is 23.8 Å². The van der Waals surface area contributed by atoms with Gasteiger partial charge in [0.05, 0.1) is 0 Å². The highest BCUT2D eigenvalue weighted by Gasteiger charge is 2.18. The van der Waals surface area contributed by atoms with Gasteiger partial charge >= 0.3 is 5.69 Å². The summed E-state index contributed by atoms with van der Waals surface area (Å²) in [5, 5.41) is 12.3. The molecule has 1 aromatic carbocycles. The van der Waals surface area contributed by atoms with Crippen LogP contribution in [0.3, 0.4) is 0 Å². The second kappa shape index (κ2) is 5.32. The molecule has 0 spiro atoms. The monoisotopic (exact) mass is 311 g/mol. The van der Waals surface area contributed by atoms with Gasteiger partial charge in [-0.25, -0.2) is 4.79 Å². The summed E-state index contributed by atoms with van der Waals surface area (Å²) in [4.78, 5) is 26.3. The summed E-state index contributed by atoms with van der Waals surface area (Å²) in [5.74, 6) is 0.209. The summed E-state index contributed by atoms with van der Waals surface area (Å²) in [7, 11) is 4.91. The quantitative estimate of drug-likeness (QED) is 0.882. The van der Waals surface area contributed by atoms with Crippen LogP contribution in [-0.4, -0.2) is 22.7 Å². The van der Waals surface area contributed by atoms with E-state index in [9.17, 15) is 14.9 Å². The fourth-order valence-electron chi connectivity index (χ4n) is 2.85. The number of nitrogens with zero attached hydrogens (tertiary/aromatic N) is 4. The average molecular weight is 311 g/mol. The molecular formula is C16H17N5O2. The lowest BCUT2D eigenvalue weighted by Gasteiger charge is -2.16. The number of hydrogen-bond acceptors (Lipinski definition) is 5. The number of aromatic nitrogens is 2. The van der Waals surface area contributed by atoms with Gasteiger partial charge in [-0.1, -0.05) is 6.07 Å². The van der Waals surface area contributed by atoms with E-state index in [0.29, 0.717) is 0 Å². The van der Waals surface area contributed by atoms with Gasteiger partial charge in [0.2, 0.25) is 0 Å². The van der Waals surface area contributed by atoms with Crippen molar-refractivity contribution in [3.8, 4) is 6.07 Å². The van der Waals surface area contributed by atoms with Crippen LogP contribution >= 0.6 is 0 Å². The molecule has 1 aliphatic heterocycles. The molecule has 2 heterocycles. The molecule has 0 unspecified atom stereocenters. The number of fused-ring (bicyclic) bond motifs is 1. The average Bonchev–Trinajstić information content (AvgIpc) is 2.92. The highest BCUT2D eigenvalue weighted by atomic mass is 16.2. The molecule has 118 valence electrons. The third kappa shape index (κ3) is 2.28. The normalized spacial score (nSPS) is 12.9. The van der Waals surface area contributed by atoms with Crippen LogP contribution in [0, 0.1) is 11.3 Å². The van der Waals surface area contributed by atoms with E-state index in [1.165, 1.54) is 24.2 Å². The van der Waals surface area contributed by atoms with Gasteiger partial charge in [-0.3, -0.25) is 13.9 Å². The fourth-order valence-corrected chi connectivity index (χ4v) is 2.85. The molecule has 0 atom stereocenters. The molecule has 0 radical (unpaired) electrons. The Morgan fingerprint density at radius 2 is 1.91 bits per heavy atom.